The van der Waals surface area contributed by atoms with Crippen LogP contribution < -0.4 is 11.1 Å². The quantitative estimate of drug-likeness (QED) is 0.393. The Hall–Kier alpha value is -1.59. The maximum absolute atomic E-state index is 9.92. The first kappa shape index (κ1) is 21.5. The summed E-state index contributed by atoms with van der Waals surface area (Å²) < 4.78 is 5.64. The highest BCUT2D eigenvalue weighted by molar-refractivity contribution is 5.44. The zero-order chi connectivity index (χ0) is 18.7. The van der Waals surface area contributed by atoms with Gasteiger partial charge in [0.2, 0.25) is 0 Å². The molecule has 0 saturated heterocycles. The average molecular weight is 350 g/mol. The van der Waals surface area contributed by atoms with Crippen molar-refractivity contribution in [1.29, 1.82) is 0 Å². The molecule has 0 aromatic carbocycles. The molecular weight excluding hydrogens is 314 g/mol. The number of hydrogen-bond acceptors (Lipinski definition) is 5. The fraction of sp³-hybridized carbons (Fsp3) is 0.650. The number of unbranched alkanes of at least 4 members (excludes halogenated alkanes) is 1. The summed E-state index contributed by atoms with van der Waals surface area (Å²) in [5.74, 6) is 1.30. The van der Waals surface area contributed by atoms with E-state index >= 15 is 0 Å². The van der Waals surface area contributed by atoms with Crippen molar-refractivity contribution in [2.24, 2.45) is 5.73 Å². The van der Waals surface area contributed by atoms with Gasteiger partial charge in [0.1, 0.15) is 11.6 Å². The van der Waals surface area contributed by atoms with Crippen molar-refractivity contribution in [2.75, 3.05) is 25.6 Å². The molecule has 25 heavy (non-hydrogen) atoms. The van der Waals surface area contributed by atoms with Crippen molar-refractivity contribution in [3.63, 3.8) is 0 Å². The van der Waals surface area contributed by atoms with Gasteiger partial charge in [0.25, 0.3) is 0 Å². The van der Waals surface area contributed by atoms with Crippen LogP contribution in [0, 0.1) is 0 Å². The van der Waals surface area contributed by atoms with Crippen LogP contribution in [0.3, 0.4) is 0 Å². The summed E-state index contributed by atoms with van der Waals surface area (Å²) in [6.45, 7) is 7.36. The topological polar surface area (TPSA) is 80.4 Å². The maximum atomic E-state index is 9.92. The molecule has 1 rings (SSSR count). The van der Waals surface area contributed by atoms with Crippen LogP contribution in [0.5, 0.6) is 0 Å². The highest BCUT2D eigenvalue weighted by Crippen LogP contribution is 2.15. The van der Waals surface area contributed by atoms with Gasteiger partial charge in [-0.3, -0.25) is 0 Å². The van der Waals surface area contributed by atoms with Gasteiger partial charge >= 0.3 is 0 Å². The predicted octanol–water partition coefficient (Wildman–Crippen LogP) is 3.98. The van der Waals surface area contributed by atoms with Crippen molar-refractivity contribution in [1.82, 2.24) is 4.98 Å². The van der Waals surface area contributed by atoms with Gasteiger partial charge in [0.05, 0.1) is 6.04 Å². The molecule has 0 saturated carbocycles. The minimum absolute atomic E-state index is 0.313. The first-order chi connectivity index (χ1) is 12.0. The van der Waals surface area contributed by atoms with E-state index in [0.717, 1.165) is 55.8 Å². The lowest BCUT2D eigenvalue weighted by Gasteiger charge is -2.13. The lowest BCUT2D eigenvalue weighted by Crippen LogP contribution is -2.25. The third-order valence-electron chi connectivity index (χ3n) is 4.52. The largest absolute Gasteiger partial charge is 0.511 e. The third-order valence-corrected chi connectivity index (χ3v) is 4.52. The van der Waals surface area contributed by atoms with Gasteiger partial charge in [-0.1, -0.05) is 19.9 Å². The van der Waals surface area contributed by atoms with Crippen LogP contribution in [0.25, 0.3) is 0 Å². The number of anilines is 1. The van der Waals surface area contributed by atoms with Gasteiger partial charge < -0.3 is 20.9 Å². The summed E-state index contributed by atoms with van der Waals surface area (Å²) >= 11 is 0. The van der Waals surface area contributed by atoms with Gasteiger partial charge in [-0.25, -0.2) is 4.98 Å². The molecule has 1 unspecified atom stereocenters. The number of hydrogen-bond donors (Lipinski definition) is 3. The zero-order valence-electron chi connectivity index (χ0n) is 16.3. The SMILES string of the molecule is CC/C(C)=C(/O)C(N)CCOCCCCc1ccc(CC)c(NC)n1. The Morgan fingerprint density at radius 1 is 1.28 bits per heavy atom. The van der Waals surface area contributed by atoms with Crippen LogP contribution in [0.15, 0.2) is 23.5 Å². The van der Waals surface area contributed by atoms with E-state index in [9.17, 15) is 5.11 Å². The van der Waals surface area contributed by atoms with E-state index in [1.54, 1.807) is 0 Å². The minimum atomic E-state index is -0.318. The molecule has 0 amide bonds. The highest BCUT2D eigenvalue weighted by atomic mass is 16.5. The van der Waals surface area contributed by atoms with E-state index in [2.05, 4.69) is 29.4 Å². The normalized spacial score (nSPS) is 13.5. The number of nitrogens with zero attached hydrogens (tertiary/aromatic N) is 1. The lowest BCUT2D eigenvalue weighted by atomic mass is 10.1. The Morgan fingerprint density at radius 2 is 2.04 bits per heavy atom. The van der Waals surface area contributed by atoms with E-state index in [1.807, 2.05) is 20.9 Å². The molecule has 1 aromatic rings. The molecule has 0 bridgehead atoms. The molecule has 0 aliphatic heterocycles. The Kier molecular flexibility index (Phi) is 10.2. The summed E-state index contributed by atoms with van der Waals surface area (Å²) in [4.78, 5) is 4.66. The van der Waals surface area contributed by atoms with Gasteiger partial charge in [-0.05, 0) is 62.7 Å². The number of aromatic nitrogens is 1. The van der Waals surface area contributed by atoms with Crippen molar-refractivity contribution >= 4 is 5.82 Å². The number of allylic oxidation sites excluding steroid dienone is 1. The number of aliphatic hydroxyl groups excluding tert-OH is 1. The molecule has 5 heteroatoms. The molecule has 0 spiro atoms. The molecule has 1 atom stereocenters. The second kappa shape index (κ2) is 11.9. The number of rotatable bonds is 12. The van der Waals surface area contributed by atoms with Crippen molar-refractivity contribution in [2.45, 2.75) is 65.3 Å². The minimum Gasteiger partial charge on any atom is -0.511 e. The monoisotopic (exact) mass is 349 g/mol. The molecule has 0 aliphatic rings. The first-order valence-electron chi connectivity index (χ1n) is 9.41. The van der Waals surface area contributed by atoms with E-state index in [4.69, 9.17) is 10.5 Å². The van der Waals surface area contributed by atoms with Crippen LogP contribution in [0.1, 0.15) is 57.7 Å². The van der Waals surface area contributed by atoms with E-state index in [1.165, 1.54) is 5.56 Å². The average Bonchev–Trinajstić information content (AvgIpc) is 2.65. The molecule has 4 N–H and O–H groups in total. The lowest BCUT2D eigenvalue weighted by molar-refractivity contribution is 0.122. The Bertz CT molecular complexity index is 544. The van der Waals surface area contributed by atoms with Gasteiger partial charge in [-0.15, -0.1) is 0 Å². The number of pyridine rings is 1. The van der Waals surface area contributed by atoms with Crippen LogP contribution in [-0.4, -0.2) is 36.4 Å². The van der Waals surface area contributed by atoms with Gasteiger partial charge in [0, 0.05) is 26.0 Å². The first-order valence-corrected chi connectivity index (χ1v) is 9.41. The van der Waals surface area contributed by atoms with E-state index in [0.29, 0.717) is 18.8 Å². The molecule has 0 radical (unpaired) electrons. The van der Waals surface area contributed by atoms with Crippen LogP contribution in [0.2, 0.25) is 0 Å². The summed E-state index contributed by atoms with van der Waals surface area (Å²) in [5, 5.41) is 13.1. The molecule has 0 fully saturated rings. The fourth-order valence-electron chi connectivity index (χ4n) is 2.63. The second-order valence-corrected chi connectivity index (χ2v) is 6.40. The second-order valence-electron chi connectivity index (χ2n) is 6.40. The number of ether oxygens (including phenoxy) is 1. The van der Waals surface area contributed by atoms with E-state index in [-0.39, 0.29) is 6.04 Å². The summed E-state index contributed by atoms with van der Waals surface area (Å²) in [6.07, 6.45) is 5.46. The summed E-state index contributed by atoms with van der Waals surface area (Å²) in [6, 6.07) is 3.95. The molecule has 0 aliphatic carbocycles. The molecular formula is C20H35N3O2. The van der Waals surface area contributed by atoms with E-state index < -0.39 is 0 Å². The number of aryl methyl sites for hydroxylation is 2. The fourth-order valence-corrected chi connectivity index (χ4v) is 2.63. The van der Waals surface area contributed by atoms with Gasteiger partial charge in [-0.2, -0.15) is 0 Å². The van der Waals surface area contributed by atoms with Crippen LogP contribution >= 0.6 is 0 Å². The third kappa shape index (κ3) is 7.45. The van der Waals surface area contributed by atoms with Crippen LogP contribution in [0.4, 0.5) is 5.82 Å². The van der Waals surface area contributed by atoms with Crippen molar-refractivity contribution < 1.29 is 9.84 Å². The smallest absolute Gasteiger partial charge is 0.129 e. The van der Waals surface area contributed by atoms with Gasteiger partial charge in [0.15, 0.2) is 0 Å². The van der Waals surface area contributed by atoms with Crippen molar-refractivity contribution in [3.8, 4) is 0 Å². The summed E-state index contributed by atoms with van der Waals surface area (Å²) in [5.41, 5.74) is 9.28. The Morgan fingerprint density at radius 3 is 2.68 bits per heavy atom. The predicted molar refractivity (Wildman–Crippen MR) is 105 cm³/mol. The zero-order valence-corrected chi connectivity index (χ0v) is 16.3. The number of nitrogens with two attached hydrogens (primary N) is 1. The molecule has 1 aromatic heterocycles. The maximum Gasteiger partial charge on any atom is 0.129 e. The molecule has 1 heterocycles. The number of nitrogens with one attached hydrogen (secondary N) is 1. The highest BCUT2D eigenvalue weighted by Gasteiger charge is 2.10. The Balaban J connectivity index is 2.21. The molecule has 5 nitrogen and oxygen atoms in total. The molecule has 142 valence electrons. The number of aliphatic hydroxyl groups is 1. The standard InChI is InChI=1S/C20H35N3O2/c1-5-15(3)19(24)18(21)12-14-25-13-8-7-9-17-11-10-16(6-2)20(22-4)23-17/h10-11,18,24H,5-9,12-14,21H2,1-4H3,(H,22,23)/b19-15+. The summed E-state index contributed by atoms with van der Waals surface area (Å²) in [7, 11) is 1.92. The Labute approximate surface area is 152 Å². The van der Waals surface area contributed by atoms with Crippen LogP contribution in [-0.2, 0) is 17.6 Å². The van der Waals surface area contributed by atoms with Crippen molar-refractivity contribution in [3.05, 3.63) is 34.7 Å².